The van der Waals surface area contributed by atoms with E-state index in [1.807, 2.05) is 19.1 Å². The van der Waals surface area contributed by atoms with Gasteiger partial charge in [-0.2, -0.15) is 0 Å². The molecule has 0 bridgehead atoms. The summed E-state index contributed by atoms with van der Waals surface area (Å²) in [6, 6.07) is 11.4. The Morgan fingerprint density at radius 1 is 1.16 bits per heavy atom. The van der Waals surface area contributed by atoms with Gasteiger partial charge in [-0.3, -0.25) is 4.79 Å². The van der Waals surface area contributed by atoms with Crippen molar-refractivity contribution in [2.24, 2.45) is 5.73 Å². The molecular weight excluding hydrogens is 350 g/mol. The Balaban J connectivity index is 0.00000312. The smallest absolute Gasteiger partial charge is 0.272 e. The third-order valence-electron chi connectivity index (χ3n) is 3.54. The van der Waals surface area contributed by atoms with E-state index in [0.717, 1.165) is 5.56 Å². The fourth-order valence-corrected chi connectivity index (χ4v) is 2.13. The van der Waals surface area contributed by atoms with E-state index in [9.17, 15) is 13.6 Å². The van der Waals surface area contributed by atoms with Gasteiger partial charge in [-0.25, -0.2) is 8.78 Å². The minimum atomic E-state index is -2.56. The van der Waals surface area contributed by atoms with Crippen molar-refractivity contribution in [2.45, 2.75) is 26.3 Å². The molecule has 0 aromatic heterocycles. The van der Waals surface area contributed by atoms with Crippen LogP contribution in [0.25, 0.3) is 0 Å². The summed E-state index contributed by atoms with van der Waals surface area (Å²) in [5.41, 5.74) is 8.88. The van der Waals surface area contributed by atoms with Gasteiger partial charge in [0, 0.05) is 11.8 Å². The molecule has 0 spiro atoms. The van der Waals surface area contributed by atoms with Crippen molar-refractivity contribution < 1.29 is 18.3 Å². The monoisotopic (exact) mass is 370 g/mol. The number of ether oxygens (including phenoxy) is 1. The number of nitrogens with one attached hydrogen (secondary N) is 1. The highest BCUT2D eigenvalue weighted by Crippen LogP contribution is 2.24. The van der Waals surface area contributed by atoms with Crippen LogP contribution in [0.3, 0.4) is 0 Å². The second-order valence-corrected chi connectivity index (χ2v) is 5.56. The van der Waals surface area contributed by atoms with Gasteiger partial charge in [0.2, 0.25) is 5.91 Å². The molecule has 0 heterocycles. The zero-order valence-corrected chi connectivity index (χ0v) is 14.8. The van der Waals surface area contributed by atoms with Crippen LogP contribution in [0.4, 0.5) is 14.5 Å². The van der Waals surface area contributed by atoms with Gasteiger partial charge in [-0.1, -0.05) is 35.9 Å². The number of rotatable bonds is 6. The normalized spacial score (nSPS) is 11.6. The number of nitrogens with two attached hydrogens (primary N) is 1. The summed E-state index contributed by atoms with van der Waals surface area (Å²) in [4.78, 5) is 12.3. The lowest BCUT2D eigenvalue weighted by Gasteiger charge is -2.15. The van der Waals surface area contributed by atoms with Gasteiger partial charge in [0.15, 0.2) is 0 Å². The molecule has 136 valence electrons. The van der Waals surface area contributed by atoms with Gasteiger partial charge in [0.25, 0.3) is 6.43 Å². The van der Waals surface area contributed by atoms with E-state index >= 15 is 0 Å². The van der Waals surface area contributed by atoms with Crippen LogP contribution in [0.15, 0.2) is 42.5 Å². The summed E-state index contributed by atoms with van der Waals surface area (Å²) in [5, 5.41) is 2.68. The largest absolute Gasteiger partial charge is 0.487 e. The number of benzene rings is 2. The molecular formula is C18H21ClF2N2O2. The van der Waals surface area contributed by atoms with Crippen molar-refractivity contribution in [1.82, 2.24) is 0 Å². The number of carbonyl (C=O) groups is 1. The third kappa shape index (κ3) is 5.99. The second kappa shape index (κ2) is 9.34. The molecule has 2 rings (SSSR count). The number of anilines is 1. The molecule has 3 N–H and O–H groups in total. The number of aryl methyl sites for hydroxylation is 2. The van der Waals surface area contributed by atoms with Crippen LogP contribution in [-0.2, 0) is 4.79 Å². The molecule has 0 radical (unpaired) electrons. The zero-order valence-electron chi connectivity index (χ0n) is 14.0. The first-order valence-corrected chi connectivity index (χ1v) is 7.51. The van der Waals surface area contributed by atoms with Crippen LogP contribution in [0, 0.1) is 13.8 Å². The minimum absolute atomic E-state index is 0. The summed E-state index contributed by atoms with van der Waals surface area (Å²) < 4.78 is 29.6. The molecule has 2 aromatic rings. The minimum Gasteiger partial charge on any atom is -0.487 e. The number of hydrogen-bond acceptors (Lipinski definition) is 3. The molecule has 0 aliphatic heterocycles. The fourth-order valence-electron chi connectivity index (χ4n) is 2.13. The first kappa shape index (κ1) is 20.9. The molecule has 1 amide bonds. The summed E-state index contributed by atoms with van der Waals surface area (Å²) in [7, 11) is 0. The van der Waals surface area contributed by atoms with Crippen molar-refractivity contribution in [1.29, 1.82) is 0 Å². The summed E-state index contributed by atoms with van der Waals surface area (Å²) in [6.07, 6.45) is -2.56. The predicted molar refractivity (Wildman–Crippen MR) is 96.7 cm³/mol. The highest BCUT2D eigenvalue weighted by Gasteiger charge is 2.16. The van der Waals surface area contributed by atoms with Crippen molar-refractivity contribution in [3.8, 4) is 5.75 Å². The van der Waals surface area contributed by atoms with Gasteiger partial charge in [0.05, 0.1) is 0 Å². The topological polar surface area (TPSA) is 64.4 Å². The SMILES string of the molecule is Cc1ccc(C(N)C(=O)Nc2ccc(C)c(OCC(F)F)c2)cc1.Cl. The van der Waals surface area contributed by atoms with Crippen molar-refractivity contribution in [3.63, 3.8) is 0 Å². The Bertz CT molecular complexity index is 709. The molecule has 0 saturated heterocycles. The first-order chi connectivity index (χ1) is 11.4. The standard InChI is InChI=1S/C18H20F2N2O2.ClH/c1-11-3-6-13(7-4-11)17(21)18(23)22-14-8-5-12(2)15(9-14)24-10-16(19)20;/h3-9,16-17H,10,21H2,1-2H3,(H,22,23);1H. The lowest BCUT2D eigenvalue weighted by atomic mass is 10.1. The molecule has 0 saturated carbocycles. The number of hydrogen-bond donors (Lipinski definition) is 2. The van der Waals surface area contributed by atoms with Crippen LogP contribution >= 0.6 is 12.4 Å². The summed E-state index contributed by atoms with van der Waals surface area (Å²) >= 11 is 0. The predicted octanol–water partition coefficient (Wildman–Crippen LogP) is 4.01. The highest BCUT2D eigenvalue weighted by molar-refractivity contribution is 5.95. The van der Waals surface area contributed by atoms with Gasteiger partial charge in [0.1, 0.15) is 18.4 Å². The van der Waals surface area contributed by atoms with E-state index in [1.165, 1.54) is 6.07 Å². The van der Waals surface area contributed by atoms with Gasteiger partial charge >= 0.3 is 0 Å². The third-order valence-corrected chi connectivity index (χ3v) is 3.54. The highest BCUT2D eigenvalue weighted by atomic mass is 35.5. The van der Waals surface area contributed by atoms with Crippen molar-refractivity contribution in [3.05, 3.63) is 59.2 Å². The number of amides is 1. The zero-order chi connectivity index (χ0) is 17.7. The Kier molecular flexibility index (Phi) is 7.80. The molecule has 7 heteroatoms. The molecule has 1 atom stereocenters. The molecule has 1 unspecified atom stereocenters. The van der Waals surface area contributed by atoms with Gasteiger partial charge in [-0.15, -0.1) is 12.4 Å². The molecule has 25 heavy (non-hydrogen) atoms. The molecule has 0 fully saturated rings. The molecule has 2 aromatic carbocycles. The Morgan fingerprint density at radius 2 is 1.80 bits per heavy atom. The number of alkyl halides is 2. The number of carbonyl (C=O) groups excluding carboxylic acids is 1. The summed E-state index contributed by atoms with van der Waals surface area (Å²) in [6.45, 7) is 2.99. The quantitative estimate of drug-likeness (QED) is 0.807. The van der Waals surface area contributed by atoms with E-state index in [0.29, 0.717) is 22.6 Å². The maximum atomic E-state index is 12.3. The van der Waals surface area contributed by atoms with E-state index in [2.05, 4.69) is 5.32 Å². The van der Waals surface area contributed by atoms with Gasteiger partial charge < -0.3 is 15.8 Å². The van der Waals surface area contributed by atoms with Crippen LogP contribution in [0.5, 0.6) is 5.75 Å². The Labute approximate surface area is 151 Å². The number of halogens is 3. The molecule has 0 aliphatic rings. The maximum absolute atomic E-state index is 12.3. The lowest BCUT2D eigenvalue weighted by Crippen LogP contribution is -2.27. The summed E-state index contributed by atoms with van der Waals surface area (Å²) in [5.74, 6) is -0.0838. The lowest BCUT2D eigenvalue weighted by molar-refractivity contribution is -0.117. The van der Waals surface area contributed by atoms with Crippen LogP contribution in [0.2, 0.25) is 0 Å². The Morgan fingerprint density at radius 3 is 2.40 bits per heavy atom. The second-order valence-electron chi connectivity index (χ2n) is 5.56. The average Bonchev–Trinajstić information content (AvgIpc) is 2.55. The van der Waals surface area contributed by atoms with Crippen molar-refractivity contribution in [2.75, 3.05) is 11.9 Å². The first-order valence-electron chi connectivity index (χ1n) is 7.51. The maximum Gasteiger partial charge on any atom is 0.272 e. The van der Waals surface area contributed by atoms with E-state index < -0.39 is 19.1 Å². The van der Waals surface area contributed by atoms with Crippen LogP contribution in [-0.4, -0.2) is 18.9 Å². The fraction of sp³-hybridized carbons (Fsp3) is 0.278. The average molecular weight is 371 g/mol. The Hall–Kier alpha value is -2.18. The van der Waals surface area contributed by atoms with Crippen molar-refractivity contribution >= 4 is 24.0 Å². The molecule has 0 aliphatic carbocycles. The van der Waals surface area contributed by atoms with E-state index in [1.54, 1.807) is 31.2 Å². The van der Waals surface area contributed by atoms with Gasteiger partial charge in [-0.05, 0) is 31.0 Å². The van der Waals surface area contributed by atoms with E-state index in [4.69, 9.17) is 10.5 Å². The molecule has 4 nitrogen and oxygen atoms in total. The van der Waals surface area contributed by atoms with Crippen LogP contribution in [0.1, 0.15) is 22.7 Å². The van der Waals surface area contributed by atoms with E-state index in [-0.39, 0.29) is 18.3 Å². The van der Waals surface area contributed by atoms with Crippen LogP contribution < -0.4 is 15.8 Å².